The normalized spacial score (nSPS) is 13.5. The van der Waals surface area contributed by atoms with Crippen LogP contribution in [0.25, 0.3) is 21.3 Å². The molecule has 8 heteroatoms. The smallest absolute Gasteiger partial charge is 0.387 e. The lowest BCUT2D eigenvalue weighted by atomic mass is 9.95. The molecule has 0 amide bonds. The van der Waals surface area contributed by atoms with E-state index in [1.54, 1.807) is 18.3 Å². The Morgan fingerprint density at radius 3 is 2.70 bits per heavy atom. The number of rotatable bonds is 7. The average molecular weight is 427 g/mol. The van der Waals surface area contributed by atoms with Gasteiger partial charge < -0.3 is 9.84 Å². The molecule has 0 radical (unpaired) electrons. The Kier molecular flexibility index (Phi) is 5.96. The maximum atomic E-state index is 12.9. The van der Waals surface area contributed by atoms with Crippen molar-refractivity contribution in [2.75, 3.05) is 0 Å². The number of thiophene rings is 1. The summed E-state index contributed by atoms with van der Waals surface area (Å²) in [6.07, 6.45) is 2.79. The molecular weight excluding hydrogens is 408 g/mol. The van der Waals surface area contributed by atoms with Crippen LogP contribution in [-0.2, 0) is 6.42 Å². The zero-order valence-electron chi connectivity index (χ0n) is 16.1. The van der Waals surface area contributed by atoms with Crippen molar-refractivity contribution in [2.45, 2.75) is 26.1 Å². The molecule has 154 valence electrons. The fourth-order valence-electron chi connectivity index (χ4n) is 3.42. The van der Waals surface area contributed by atoms with E-state index < -0.39 is 12.7 Å². The van der Waals surface area contributed by atoms with Crippen molar-refractivity contribution in [3.63, 3.8) is 0 Å². The molecule has 2 unspecified atom stereocenters. The molecule has 4 rings (SSSR count). The molecular formula is C22H19F2N3O2S. The van der Waals surface area contributed by atoms with Crippen molar-refractivity contribution in [3.8, 4) is 16.2 Å². The molecule has 0 saturated carbocycles. The summed E-state index contributed by atoms with van der Waals surface area (Å²) >= 11 is 1.45. The molecule has 1 aromatic carbocycles. The van der Waals surface area contributed by atoms with E-state index in [0.717, 1.165) is 16.0 Å². The first-order valence-corrected chi connectivity index (χ1v) is 10.3. The summed E-state index contributed by atoms with van der Waals surface area (Å²) in [5.41, 5.74) is 2.65. The molecule has 0 aliphatic carbocycles. The van der Waals surface area contributed by atoms with Gasteiger partial charge in [-0.15, -0.1) is 11.3 Å². The highest BCUT2D eigenvalue weighted by Crippen LogP contribution is 2.40. The predicted octanol–water partition coefficient (Wildman–Crippen LogP) is 5.27. The van der Waals surface area contributed by atoms with Gasteiger partial charge in [-0.05, 0) is 48.1 Å². The number of halogens is 2. The van der Waals surface area contributed by atoms with Crippen LogP contribution < -0.4 is 4.74 Å². The third-order valence-electron chi connectivity index (χ3n) is 4.85. The monoisotopic (exact) mass is 427 g/mol. The minimum atomic E-state index is -2.91. The van der Waals surface area contributed by atoms with E-state index in [1.807, 2.05) is 36.6 Å². The molecule has 0 spiro atoms. The molecule has 0 fully saturated rings. The lowest BCUT2D eigenvalue weighted by molar-refractivity contribution is -0.0493. The summed E-state index contributed by atoms with van der Waals surface area (Å²) in [4.78, 5) is 13.5. The number of nitrogens with zero attached hydrogens (tertiary/aromatic N) is 3. The Balaban J connectivity index is 1.66. The van der Waals surface area contributed by atoms with Crippen molar-refractivity contribution in [2.24, 2.45) is 5.92 Å². The fourth-order valence-corrected chi connectivity index (χ4v) is 4.21. The summed E-state index contributed by atoms with van der Waals surface area (Å²) in [5, 5.41) is 13.2. The van der Waals surface area contributed by atoms with Gasteiger partial charge in [-0.2, -0.15) is 8.78 Å². The number of fused-ring (bicyclic) bond motifs is 1. The van der Waals surface area contributed by atoms with Gasteiger partial charge in [0.05, 0.1) is 17.3 Å². The Hall–Kier alpha value is -2.97. The van der Waals surface area contributed by atoms with E-state index in [1.165, 1.54) is 23.7 Å². The van der Waals surface area contributed by atoms with Crippen LogP contribution in [0.15, 0.2) is 60.4 Å². The Labute approximate surface area is 176 Å². The predicted molar refractivity (Wildman–Crippen MR) is 112 cm³/mol. The molecule has 4 aromatic rings. The molecule has 1 N–H and O–H groups in total. The summed E-state index contributed by atoms with van der Waals surface area (Å²) < 4.78 is 30.5. The van der Waals surface area contributed by atoms with Crippen molar-refractivity contribution >= 4 is 22.2 Å². The van der Waals surface area contributed by atoms with Gasteiger partial charge in [0.25, 0.3) is 0 Å². The molecule has 0 aliphatic rings. The molecule has 0 aliphatic heterocycles. The van der Waals surface area contributed by atoms with Gasteiger partial charge in [0, 0.05) is 27.7 Å². The van der Waals surface area contributed by atoms with Crippen molar-refractivity contribution in [3.05, 3.63) is 71.8 Å². The maximum Gasteiger partial charge on any atom is 0.387 e. The van der Waals surface area contributed by atoms with Gasteiger partial charge in [-0.1, -0.05) is 19.1 Å². The van der Waals surface area contributed by atoms with E-state index >= 15 is 0 Å². The van der Waals surface area contributed by atoms with Crippen LogP contribution in [0.1, 0.15) is 24.4 Å². The third kappa shape index (κ3) is 4.29. The standard InChI is InChI=1S/C22H19F2N3O2S/c1-13(21(28)17-8-9-25-12-26-17)11-14-4-5-15-16(27-14)6-7-18(29-22(23)24)20(15)19-3-2-10-30-19/h2-10,12-13,21-22,28H,11H2,1H3. The van der Waals surface area contributed by atoms with Crippen LogP contribution in [0.2, 0.25) is 0 Å². The van der Waals surface area contributed by atoms with Gasteiger partial charge in [-0.3, -0.25) is 4.98 Å². The van der Waals surface area contributed by atoms with E-state index in [-0.39, 0.29) is 11.7 Å². The second-order valence-corrected chi connectivity index (χ2v) is 7.87. The summed E-state index contributed by atoms with van der Waals surface area (Å²) in [6, 6.07) is 12.4. The summed E-state index contributed by atoms with van der Waals surface area (Å²) in [6.45, 7) is -0.979. The van der Waals surface area contributed by atoms with Crippen molar-refractivity contribution < 1.29 is 18.6 Å². The quantitative estimate of drug-likeness (QED) is 0.435. The third-order valence-corrected chi connectivity index (χ3v) is 5.74. The zero-order chi connectivity index (χ0) is 21.1. The van der Waals surface area contributed by atoms with Crippen molar-refractivity contribution in [1.29, 1.82) is 0 Å². The van der Waals surface area contributed by atoms with Crippen LogP contribution in [0.3, 0.4) is 0 Å². The number of pyridine rings is 1. The topological polar surface area (TPSA) is 68.1 Å². The lowest BCUT2D eigenvalue weighted by Crippen LogP contribution is -2.14. The first-order valence-electron chi connectivity index (χ1n) is 9.38. The van der Waals surface area contributed by atoms with E-state index in [0.29, 0.717) is 23.2 Å². The molecule has 5 nitrogen and oxygen atoms in total. The van der Waals surface area contributed by atoms with Crippen LogP contribution in [0.4, 0.5) is 8.78 Å². The van der Waals surface area contributed by atoms with Crippen LogP contribution >= 0.6 is 11.3 Å². The second kappa shape index (κ2) is 8.81. The number of hydrogen-bond acceptors (Lipinski definition) is 6. The van der Waals surface area contributed by atoms with E-state index in [2.05, 4.69) is 9.97 Å². The lowest BCUT2D eigenvalue weighted by Gasteiger charge is -2.18. The van der Waals surface area contributed by atoms with Crippen LogP contribution in [-0.4, -0.2) is 26.7 Å². The highest BCUT2D eigenvalue weighted by atomic mass is 32.1. The van der Waals surface area contributed by atoms with E-state index in [4.69, 9.17) is 9.72 Å². The largest absolute Gasteiger partial charge is 0.434 e. The molecule has 3 aromatic heterocycles. The number of aliphatic hydroxyl groups is 1. The number of ether oxygens (including phenoxy) is 1. The molecule has 2 atom stereocenters. The highest BCUT2D eigenvalue weighted by Gasteiger charge is 2.20. The first-order chi connectivity index (χ1) is 14.5. The number of alkyl halides is 2. The number of hydrogen-bond donors (Lipinski definition) is 1. The maximum absolute atomic E-state index is 12.9. The average Bonchev–Trinajstić information content (AvgIpc) is 3.27. The van der Waals surface area contributed by atoms with Gasteiger partial charge in [0.15, 0.2) is 0 Å². The van der Waals surface area contributed by atoms with Crippen LogP contribution in [0.5, 0.6) is 5.75 Å². The SMILES string of the molecule is CC(Cc1ccc2c(-c3cccs3)c(OC(F)F)ccc2n1)C(O)c1ccncn1. The Bertz CT molecular complexity index is 1120. The molecule has 3 heterocycles. The highest BCUT2D eigenvalue weighted by molar-refractivity contribution is 7.13. The summed E-state index contributed by atoms with van der Waals surface area (Å²) in [5.74, 6) is 0.00473. The van der Waals surface area contributed by atoms with Gasteiger partial charge in [0.1, 0.15) is 12.1 Å². The molecule has 30 heavy (non-hydrogen) atoms. The van der Waals surface area contributed by atoms with E-state index in [9.17, 15) is 13.9 Å². The number of aliphatic hydroxyl groups excluding tert-OH is 1. The Morgan fingerprint density at radius 2 is 2.00 bits per heavy atom. The summed E-state index contributed by atoms with van der Waals surface area (Å²) in [7, 11) is 0. The molecule has 0 saturated heterocycles. The zero-order valence-corrected chi connectivity index (χ0v) is 16.9. The Morgan fingerprint density at radius 1 is 1.13 bits per heavy atom. The first kappa shape index (κ1) is 20.3. The second-order valence-electron chi connectivity index (χ2n) is 6.92. The van der Waals surface area contributed by atoms with Gasteiger partial charge in [0.2, 0.25) is 0 Å². The minimum Gasteiger partial charge on any atom is -0.434 e. The van der Waals surface area contributed by atoms with Crippen LogP contribution in [0, 0.1) is 5.92 Å². The number of benzene rings is 1. The molecule has 0 bridgehead atoms. The minimum absolute atomic E-state index is 0.122. The van der Waals surface area contributed by atoms with Crippen molar-refractivity contribution in [1.82, 2.24) is 15.0 Å². The fraction of sp³-hybridized carbons (Fsp3) is 0.227. The van der Waals surface area contributed by atoms with Gasteiger partial charge >= 0.3 is 6.61 Å². The van der Waals surface area contributed by atoms with Gasteiger partial charge in [-0.25, -0.2) is 9.97 Å². The number of aromatic nitrogens is 3.